The number of nitrogens with two attached hydrogens (primary N) is 1. The van der Waals surface area contributed by atoms with Crippen molar-refractivity contribution in [1.82, 2.24) is 14.5 Å². The van der Waals surface area contributed by atoms with Crippen molar-refractivity contribution in [3.05, 3.63) is 41.5 Å². The SMILES string of the molecule is NCCc1cn(CC(=O)N2CC(Oc3ccc4c(c3C(=O)O)O[B-](O)(O)CC4)C2)cn1. The molecule has 0 atom stereocenters. The van der Waals surface area contributed by atoms with Crippen LogP contribution in [0.2, 0.25) is 6.32 Å². The van der Waals surface area contributed by atoms with Crippen molar-refractivity contribution in [3.63, 3.8) is 0 Å². The minimum absolute atomic E-state index is 0.00338. The average Bonchev–Trinajstić information content (AvgIpc) is 3.09. The van der Waals surface area contributed by atoms with Crippen molar-refractivity contribution in [2.45, 2.75) is 31.8 Å². The molecule has 0 unspecified atom stereocenters. The van der Waals surface area contributed by atoms with Gasteiger partial charge in [0.15, 0.2) is 0 Å². The molecule has 0 aliphatic carbocycles. The molecule has 4 rings (SSSR count). The number of aromatic nitrogens is 2. The van der Waals surface area contributed by atoms with E-state index in [2.05, 4.69) is 4.98 Å². The molecule has 2 aromatic rings. The normalized spacial score (nSPS) is 17.5. The van der Waals surface area contributed by atoms with Crippen LogP contribution in [0.1, 0.15) is 21.6 Å². The maximum Gasteiger partial charge on any atom is 0.430 e. The van der Waals surface area contributed by atoms with Gasteiger partial charge in [-0.3, -0.25) is 4.79 Å². The summed E-state index contributed by atoms with van der Waals surface area (Å²) in [5, 5.41) is 29.3. The number of aryl methyl sites for hydroxylation is 1. The molecule has 0 bridgehead atoms. The number of rotatable bonds is 7. The number of aromatic carboxylic acids is 1. The lowest BCUT2D eigenvalue weighted by molar-refractivity contribution is -0.140. The Bertz CT molecular complexity index is 1000. The van der Waals surface area contributed by atoms with E-state index in [0.717, 1.165) is 5.69 Å². The third-order valence-electron chi connectivity index (χ3n) is 5.41. The number of nitrogens with zero attached hydrogens (tertiary/aromatic N) is 3. The fourth-order valence-electron chi connectivity index (χ4n) is 3.75. The predicted molar refractivity (Wildman–Crippen MR) is 109 cm³/mol. The molecule has 2 aliphatic rings. The van der Waals surface area contributed by atoms with E-state index < -0.39 is 12.7 Å². The Morgan fingerprint density at radius 2 is 2.10 bits per heavy atom. The average molecular weight is 431 g/mol. The van der Waals surface area contributed by atoms with Crippen LogP contribution in [0.5, 0.6) is 11.5 Å². The topological polar surface area (TPSA) is 160 Å². The number of carboxylic acids is 1. The molecule has 2 aliphatic heterocycles. The predicted octanol–water partition coefficient (Wildman–Crippen LogP) is -0.769. The third kappa shape index (κ3) is 4.50. The van der Waals surface area contributed by atoms with Crippen LogP contribution in [0.25, 0.3) is 0 Å². The third-order valence-corrected chi connectivity index (χ3v) is 5.41. The second kappa shape index (κ2) is 8.21. The molecular formula is C19H24BN4O7-. The Hall–Kier alpha value is -3.09. The summed E-state index contributed by atoms with van der Waals surface area (Å²) in [4.78, 5) is 30.0. The summed E-state index contributed by atoms with van der Waals surface area (Å²) in [6.45, 7) is -1.84. The summed E-state index contributed by atoms with van der Waals surface area (Å²) in [6, 6.07) is 3.19. The first-order valence-corrected chi connectivity index (χ1v) is 10.1. The van der Waals surface area contributed by atoms with Gasteiger partial charge in [-0.25, -0.2) is 9.78 Å². The fraction of sp³-hybridized carbons (Fsp3) is 0.421. The van der Waals surface area contributed by atoms with Gasteiger partial charge in [-0.1, -0.05) is 12.4 Å². The minimum atomic E-state index is -3.10. The summed E-state index contributed by atoms with van der Waals surface area (Å²) in [5.74, 6) is -1.40. The van der Waals surface area contributed by atoms with Crippen molar-refractivity contribution in [2.24, 2.45) is 5.73 Å². The van der Waals surface area contributed by atoms with Crippen LogP contribution < -0.4 is 15.1 Å². The summed E-state index contributed by atoms with van der Waals surface area (Å²) in [7, 11) is 0. The van der Waals surface area contributed by atoms with Crippen LogP contribution in [-0.2, 0) is 24.2 Å². The van der Waals surface area contributed by atoms with E-state index in [-0.39, 0.29) is 48.4 Å². The van der Waals surface area contributed by atoms with E-state index in [1.165, 1.54) is 6.07 Å². The van der Waals surface area contributed by atoms with Crippen LogP contribution in [0, 0.1) is 0 Å². The van der Waals surface area contributed by atoms with Crippen LogP contribution >= 0.6 is 0 Å². The Morgan fingerprint density at radius 1 is 1.32 bits per heavy atom. The number of carboxylic acid groups (broad SMARTS) is 1. The fourth-order valence-corrected chi connectivity index (χ4v) is 3.75. The first-order chi connectivity index (χ1) is 14.8. The lowest BCUT2D eigenvalue weighted by Gasteiger charge is -2.40. The highest BCUT2D eigenvalue weighted by Gasteiger charge is 2.36. The molecule has 1 fully saturated rings. The van der Waals surface area contributed by atoms with E-state index in [9.17, 15) is 24.7 Å². The van der Waals surface area contributed by atoms with E-state index in [4.69, 9.17) is 15.1 Å². The molecule has 0 radical (unpaired) electrons. The molecule has 1 aromatic carbocycles. The molecule has 1 aromatic heterocycles. The van der Waals surface area contributed by atoms with Crippen molar-refractivity contribution in [3.8, 4) is 11.5 Å². The lowest BCUT2D eigenvalue weighted by atomic mass is 9.70. The number of hydrogen-bond acceptors (Lipinski definition) is 8. The van der Waals surface area contributed by atoms with Crippen LogP contribution in [0.15, 0.2) is 24.7 Å². The first-order valence-electron chi connectivity index (χ1n) is 10.1. The number of carbonyl (C=O) groups is 2. The second-order valence-corrected chi connectivity index (χ2v) is 7.86. The van der Waals surface area contributed by atoms with E-state index in [1.807, 2.05) is 0 Å². The molecule has 12 heteroatoms. The number of amides is 1. The lowest BCUT2D eigenvalue weighted by Crippen LogP contribution is -2.57. The van der Waals surface area contributed by atoms with Crippen molar-refractivity contribution in [1.29, 1.82) is 0 Å². The standard InChI is InChI=1S/C19H24BN4O7/c21-6-4-13-7-23(11-22-13)10-16(25)24-8-14(9-24)30-15-2-1-12-3-5-20(28,29)31-18(12)17(15)19(26)27/h1-2,7,11,14,28-29H,3-6,8-10,21H2,(H,26,27)/q-1. The number of imidazole rings is 1. The zero-order valence-corrected chi connectivity index (χ0v) is 16.8. The first kappa shape index (κ1) is 21.2. The number of ether oxygens (including phenoxy) is 1. The van der Waals surface area contributed by atoms with E-state index in [0.29, 0.717) is 31.6 Å². The van der Waals surface area contributed by atoms with Gasteiger partial charge >= 0.3 is 12.7 Å². The molecule has 0 spiro atoms. The molecule has 3 heterocycles. The van der Waals surface area contributed by atoms with Gasteiger partial charge in [0.05, 0.1) is 30.9 Å². The van der Waals surface area contributed by atoms with Crippen molar-refractivity contribution < 1.29 is 34.1 Å². The van der Waals surface area contributed by atoms with Gasteiger partial charge in [-0.15, -0.1) is 0 Å². The molecule has 1 amide bonds. The molecule has 5 N–H and O–H groups in total. The van der Waals surface area contributed by atoms with Crippen molar-refractivity contribution >= 4 is 18.6 Å². The highest BCUT2D eigenvalue weighted by molar-refractivity contribution is 6.59. The molecule has 11 nitrogen and oxygen atoms in total. The van der Waals surface area contributed by atoms with Gasteiger partial charge in [0.25, 0.3) is 0 Å². The molecule has 166 valence electrons. The van der Waals surface area contributed by atoms with Crippen LogP contribution in [-0.4, -0.2) is 74.0 Å². The highest BCUT2D eigenvalue weighted by Crippen LogP contribution is 2.38. The van der Waals surface area contributed by atoms with Gasteiger partial charge in [0.1, 0.15) is 24.0 Å². The number of hydrogen-bond donors (Lipinski definition) is 4. The maximum atomic E-state index is 12.4. The Labute approximate surface area is 178 Å². The summed E-state index contributed by atoms with van der Waals surface area (Å²) >= 11 is 0. The maximum absolute atomic E-state index is 12.4. The zero-order chi connectivity index (χ0) is 22.2. The van der Waals surface area contributed by atoms with E-state index in [1.54, 1.807) is 28.1 Å². The van der Waals surface area contributed by atoms with Gasteiger partial charge in [0.2, 0.25) is 5.91 Å². The highest BCUT2D eigenvalue weighted by atomic mass is 16.6. The number of fused-ring (bicyclic) bond motifs is 1. The minimum Gasteiger partial charge on any atom is -0.669 e. The van der Waals surface area contributed by atoms with Gasteiger partial charge < -0.3 is 39.7 Å². The second-order valence-electron chi connectivity index (χ2n) is 7.86. The van der Waals surface area contributed by atoms with E-state index >= 15 is 0 Å². The Morgan fingerprint density at radius 3 is 2.81 bits per heavy atom. The Kier molecular flexibility index (Phi) is 5.61. The summed E-state index contributed by atoms with van der Waals surface area (Å²) in [6.07, 6.45) is 3.93. The molecule has 31 heavy (non-hydrogen) atoms. The number of benzene rings is 1. The largest absolute Gasteiger partial charge is 0.669 e. The van der Waals surface area contributed by atoms with Crippen LogP contribution in [0.3, 0.4) is 0 Å². The summed E-state index contributed by atoms with van der Waals surface area (Å²) < 4.78 is 12.7. The molecule has 0 saturated carbocycles. The van der Waals surface area contributed by atoms with Gasteiger partial charge in [0, 0.05) is 12.6 Å². The van der Waals surface area contributed by atoms with Gasteiger partial charge in [-0.05, 0) is 24.6 Å². The monoisotopic (exact) mass is 431 g/mol. The quantitative estimate of drug-likeness (QED) is 0.413. The zero-order valence-electron chi connectivity index (χ0n) is 16.8. The molecule has 1 saturated heterocycles. The van der Waals surface area contributed by atoms with Crippen molar-refractivity contribution in [2.75, 3.05) is 19.6 Å². The summed E-state index contributed by atoms with van der Waals surface area (Å²) in [5.41, 5.74) is 6.65. The smallest absolute Gasteiger partial charge is 0.430 e. The number of carbonyl (C=O) groups excluding carboxylic acids is 1. The Balaban J connectivity index is 1.39. The number of likely N-dealkylation sites (tertiary alicyclic amines) is 1. The van der Waals surface area contributed by atoms with Crippen LogP contribution in [0.4, 0.5) is 0 Å². The van der Waals surface area contributed by atoms with Gasteiger partial charge in [-0.2, -0.15) is 0 Å². The molecular weight excluding hydrogens is 407 g/mol.